The molecule has 1 atom stereocenters. The number of rotatable bonds is 4. The van der Waals surface area contributed by atoms with Crippen LogP contribution in [0.5, 0.6) is 5.75 Å². The number of hydrogen-bond donors (Lipinski definition) is 1. The number of benzene rings is 1. The minimum absolute atomic E-state index is 0.145. The third-order valence-corrected chi connectivity index (χ3v) is 5.79. The Kier molecular flexibility index (Phi) is 4.53. The van der Waals surface area contributed by atoms with Crippen molar-refractivity contribution in [2.75, 3.05) is 11.9 Å². The summed E-state index contributed by atoms with van der Waals surface area (Å²) >= 11 is 0.784. The van der Waals surface area contributed by atoms with E-state index in [1.54, 1.807) is 12.1 Å². The topological polar surface area (TPSA) is 21.3 Å². The van der Waals surface area contributed by atoms with Crippen LogP contribution in [0.2, 0.25) is 0 Å². The van der Waals surface area contributed by atoms with Crippen LogP contribution in [-0.4, -0.2) is 6.54 Å². The number of thiophene rings is 1. The third kappa shape index (κ3) is 3.51. The maximum atomic E-state index is 13.5. The van der Waals surface area contributed by atoms with Gasteiger partial charge < -0.3 is 10.1 Å². The van der Waals surface area contributed by atoms with Gasteiger partial charge >= 0.3 is 6.18 Å². The van der Waals surface area contributed by atoms with E-state index in [0.717, 1.165) is 30.0 Å². The van der Waals surface area contributed by atoms with Crippen molar-refractivity contribution in [1.29, 1.82) is 0 Å². The first kappa shape index (κ1) is 17.2. The Labute approximate surface area is 154 Å². The van der Waals surface area contributed by atoms with Crippen LogP contribution in [0, 0.1) is 0 Å². The number of anilines is 1. The molecule has 1 aromatic heterocycles. The van der Waals surface area contributed by atoms with Gasteiger partial charge in [-0.05, 0) is 48.2 Å². The monoisotopic (exact) mass is 377 g/mol. The van der Waals surface area contributed by atoms with Gasteiger partial charge in [-0.2, -0.15) is 13.2 Å². The Balaban J connectivity index is 1.54. The van der Waals surface area contributed by atoms with Gasteiger partial charge in [-0.15, -0.1) is 11.3 Å². The molecule has 2 nitrogen and oxygen atoms in total. The first-order valence-electron chi connectivity index (χ1n) is 8.53. The van der Waals surface area contributed by atoms with Crippen LogP contribution in [0.4, 0.5) is 18.9 Å². The molecule has 6 heteroatoms. The van der Waals surface area contributed by atoms with Crippen LogP contribution >= 0.6 is 11.3 Å². The van der Waals surface area contributed by atoms with Crippen molar-refractivity contribution < 1.29 is 17.9 Å². The fourth-order valence-electron chi connectivity index (χ4n) is 3.36. The number of halogens is 3. The predicted octanol–water partition coefficient (Wildman–Crippen LogP) is 5.91. The Hall–Kier alpha value is -2.21. The fraction of sp³-hybridized carbons (Fsp3) is 0.300. The van der Waals surface area contributed by atoms with E-state index in [4.69, 9.17) is 4.74 Å². The van der Waals surface area contributed by atoms with Crippen LogP contribution in [0.1, 0.15) is 33.2 Å². The average molecular weight is 377 g/mol. The second-order valence-corrected chi connectivity index (χ2v) is 7.57. The molecule has 2 aromatic rings. The number of ether oxygens (including phenoxy) is 1. The first-order chi connectivity index (χ1) is 12.5. The van der Waals surface area contributed by atoms with E-state index in [9.17, 15) is 13.2 Å². The summed E-state index contributed by atoms with van der Waals surface area (Å²) in [4.78, 5) is 0.0769. The van der Waals surface area contributed by atoms with E-state index in [-0.39, 0.29) is 12.5 Å². The molecular formula is C20H18F3NOS. The van der Waals surface area contributed by atoms with Gasteiger partial charge in [0.15, 0.2) is 0 Å². The molecule has 1 unspecified atom stereocenters. The van der Waals surface area contributed by atoms with E-state index < -0.39 is 11.1 Å². The van der Waals surface area contributed by atoms with E-state index in [2.05, 4.69) is 5.32 Å². The molecule has 26 heavy (non-hydrogen) atoms. The molecule has 0 radical (unpaired) electrons. The molecule has 0 spiro atoms. The zero-order valence-corrected chi connectivity index (χ0v) is 14.8. The molecule has 1 aromatic carbocycles. The Bertz CT molecular complexity index is 866. The second-order valence-electron chi connectivity index (χ2n) is 6.43. The maximum Gasteiger partial charge on any atom is 0.425 e. The smallest absolute Gasteiger partial charge is 0.425 e. The maximum absolute atomic E-state index is 13.5. The summed E-state index contributed by atoms with van der Waals surface area (Å²) in [7, 11) is 0. The van der Waals surface area contributed by atoms with Crippen LogP contribution in [-0.2, 0) is 19.2 Å². The molecule has 0 saturated carbocycles. The zero-order chi connectivity index (χ0) is 18.1. The number of nitrogens with one attached hydrogen (secondary N) is 1. The third-order valence-electron chi connectivity index (χ3n) is 4.62. The Morgan fingerprint density at radius 1 is 1.19 bits per heavy atom. The van der Waals surface area contributed by atoms with Gasteiger partial charge in [-0.1, -0.05) is 24.3 Å². The van der Waals surface area contributed by atoms with Crippen molar-refractivity contribution in [2.24, 2.45) is 0 Å². The van der Waals surface area contributed by atoms with Gasteiger partial charge in [0, 0.05) is 23.0 Å². The number of alkyl halides is 3. The van der Waals surface area contributed by atoms with Gasteiger partial charge in [-0.3, -0.25) is 0 Å². The minimum Gasteiger partial charge on any atom is -0.488 e. The van der Waals surface area contributed by atoms with Gasteiger partial charge in [0.1, 0.15) is 17.2 Å². The van der Waals surface area contributed by atoms with Crippen molar-refractivity contribution in [1.82, 2.24) is 0 Å². The second kappa shape index (κ2) is 6.83. The highest BCUT2D eigenvalue weighted by Crippen LogP contribution is 2.43. The molecule has 2 heterocycles. The molecule has 1 aliphatic heterocycles. The summed E-state index contributed by atoms with van der Waals surface area (Å²) in [5, 5.41) is 3.27. The summed E-state index contributed by atoms with van der Waals surface area (Å²) in [5.74, 6) is 0.462. The number of hydrogen-bond acceptors (Lipinski definition) is 3. The molecule has 136 valence electrons. The largest absolute Gasteiger partial charge is 0.488 e. The predicted molar refractivity (Wildman–Crippen MR) is 97.9 cm³/mol. The number of allylic oxidation sites excluding steroid dienone is 4. The highest BCUT2D eigenvalue weighted by Gasteiger charge is 2.37. The van der Waals surface area contributed by atoms with Gasteiger partial charge in [0.2, 0.25) is 0 Å². The van der Waals surface area contributed by atoms with Crippen LogP contribution in [0.15, 0.2) is 48.6 Å². The van der Waals surface area contributed by atoms with E-state index >= 15 is 0 Å². The SMILES string of the molecule is FC(F)(F)c1sc(COc2ccc3c(c2)CCN3)cc1C1C=CC=CC1. The molecule has 0 amide bonds. The van der Waals surface area contributed by atoms with Crippen molar-refractivity contribution in [2.45, 2.75) is 31.5 Å². The molecule has 0 bridgehead atoms. The van der Waals surface area contributed by atoms with Gasteiger partial charge in [-0.25, -0.2) is 0 Å². The van der Waals surface area contributed by atoms with Crippen LogP contribution in [0.3, 0.4) is 0 Å². The summed E-state index contributed by atoms with van der Waals surface area (Å²) < 4.78 is 46.1. The highest BCUT2D eigenvalue weighted by atomic mass is 32.1. The first-order valence-corrected chi connectivity index (χ1v) is 9.35. The number of fused-ring (bicyclic) bond motifs is 1. The summed E-state index contributed by atoms with van der Waals surface area (Å²) in [6, 6.07) is 7.42. The lowest BCUT2D eigenvalue weighted by Crippen LogP contribution is -2.08. The lowest BCUT2D eigenvalue weighted by molar-refractivity contribution is -0.135. The summed E-state index contributed by atoms with van der Waals surface area (Å²) in [5.41, 5.74) is 2.64. The molecular weight excluding hydrogens is 359 g/mol. The molecule has 1 N–H and O–H groups in total. The molecule has 1 aliphatic carbocycles. The normalized spacial score (nSPS) is 18.7. The van der Waals surface area contributed by atoms with Crippen LogP contribution in [0.25, 0.3) is 0 Å². The van der Waals surface area contributed by atoms with Gasteiger partial charge in [0.05, 0.1) is 0 Å². The van der Waals surface area contributed by atoms with E-state index in [1.807, 2.05) is 36.4 Å². The fourth-order valence-corrected chi connectivity index (χ4v) is 4.37. The lowest BCUT2D eigenvalue weighted by Gasteiger charge is -2.15. The van der Waals surface area contributed by atoms with E-state index in [0.29, 0.717) is 22.6 Å². The van der Waals surface area contributed by atoms with Crippen molar-refractivity contribution in [3.8, 4) is 5.75 Å². The average Bonchev–Trinajstić information content (AvgIpc) is 3.27. The van der Waals surface area contributed by atoms with Gasteiger partial charge in [0.25, 0.3) is 0 Å². The summed E-state index contributed by atoms with van der Waals surface area (Å²) in [6.45, 7) is 1.05. The van der Waals surface area contributed by atoms with Crippen LogP contribution < -0.4 is 10.1 Å². The standard InChI is InChI=1S/C20H18F3NOS/c21-20(22,23)19-17(13-4-2-1-3-5-13)11-16(26-19)12-25-15-6-7-18-14(10-15)8-9-24-18/h1-4,6-7,10-11,13,24H,5,8-9,12H2. The molecule has 4 rings (SSSR count). The Morgan fingerprint density at radius 3 is 2.85 bits per heavy atom. The highest BCUT2D eigenvalue weighted by molar-refractivity contribution is 7.12. The van der Waals surface area contributed by atoms with Crippen molar-refractivity contribution in [3.63, 3.8) is 0 Å². The Morgan fingerprint density at radius 2 is 2.08 bits per heavy atom. The van der Waals surface area contributed by atoms with Crippen molar-refractivity contribution in [3.05, 3.63) is 69.5 Å². The van der Waals surface area contributed by atoms with E-state index in [1.165, 1.54) is 5.56 Å². The quantitative estimate of drug-likeness (QED) is 0.715. The molecule has 0 saturated heterocycles. The molecule has 0 fully saturated rings. The minimum atomic E-state index is -4.34. The zero-order valence-electron chi connectivity index (χ0n) is 14.0. The lowest BCUT2D eigenvalue weighted by atomic mass is 9.92. The molecule has 2 aliphatic rings. The summed E-state index contributed by atoms with van der Waals surface area (Å²) in [6.07, 6.45) is 4.59. The van der Waals surface area contributed by atoms with Crippen molar-refractivity contribution >= 4 is 17.0 Å².